The van der Waals surface area contributed by atoms with Gasteiger partial charge in [0.1, 0.15) is 6.04 Å². The molecule has 17 heavy (non-hydrogen) atoms. The highest BCUT2D eigenvalue weighted by Gasteiger charge is 2.26. The summed E-state index contributed by atoms with van der Waals surface area (Å²) < 4.78 is 4.98. The van der Waals surface area contributed by atoms with Gasteiger partial charge in [-0.15, -0.1) is 0 Å². The van der Waals surface area contributed by atoms with Crippen LogP contribution >= 0.6 is 0 Å². The van der Waals surface area contributed by atoms with Crippen molar-refractivity contribution in [2.75, 3.05) is 14.1 Å². The molecule has 1 N–H and O–H groups in total. The molecule has 0 fully saturated rings. The third kappa shape index (κ3) is 3.34. The third-order valence-electron chi connectivity index (χ3n) is 2.41. The van der Waals surface area contributed by atoms with Crippen LogP contribution in [0.3, 0.4) is 0 Å². The molecule has 1 aromatic rings. The minimum absolute atomic E-state index is 0.0174. The minimum Gasteiger partial charge on any atom is -0.459 e. The first-order chi connectivity index (χ1) is 7.93. The Morgan fingerprint density at radius 2 is 2.00 bits per heavy atom. The van der Waals surface area contributed by atoms with Crippen molar-refractivity contribution in [3.63, 3.8) is 0 Å². The summed E-state index contributed by atoms with van der Waals surface area (Å²) in [7, 11) is 3.33. The summed E-state index contributed by atoms with van der Waals surface area (Å²) in [5.74, 6) is -0.269. The summed E-state index contributed by atoms with van der Waals surface area (Å²) in [5, 5.41) is 2.68. The summed E-state index contributed by atoms with van der Waals surface area (Å²) in [6, 6.07) is 2.66. The van der Waals surface area contributed by atoms with E-state index in [-0.39, 0.29) is 23.5 Å². The molecule has 1 rings (SSSR count). The number of nitrogens with zero attached hydrogens (tertiary/aromatic N) is 1. The lowest BCUT2D eigenvalue weighted by Gasteiger charge is -2.24. The molecule has 1 aromatic heterocycles. The van der Waals surface area contributed by atoms with Crippen molar-refractivity contribution in [3.05, 3.63) is 24.2 Å². The average Bonchev–Trinajstić information content (AvgIpc) is 2.77. The van der Waals surface area contributed by atoms with Crippen LogP contribution in [0.2, 0.25) is 0 Å². The number of nitrogens with one attached hydrogen (secondary N) is 1. The summed E-state index contributed by atoms with van der Waals surface area (Å²) in [5.41, 5.74) is 0. The van der Waals surface area contributed by atoms with Crippen molar-refractivity contribution in [1.29, 1.82) is 0 Å². The molecule has 1 unspecified atom stereocenters. The number of amides is 2. The molecule has 0 aromatic carbocycles. The Morgan fingerprint density at radius 1 is 1.35 bits per heavy atom. The molecular weight excluding hydrogens is 220 g/mol. The zero-order valence-corrected chi connectivity index (χ0v) is 10.6. The highest BCUT2D eigenvalue weighted by atomic mass is 16.3. The highest BCUT2D eigenvalue weighted by molar-refractivity contribution is 5.95. The van der Waals surface area contributed by atoms with Crippen LogP contribution in [0.5, 0.6) is 0 Å². The van der Waals surface area contributed by atoms with Crippen molar-refractivity contribution in [1.82, 2.24) is 10.2 Å². The number of hydrogen-bond acceptors (Lipinski definition) is 3. The summed E-state index contributed by atoms with van der Waals surface area (Å²) in [6.07, 6.45) is 1.42. The van der Waals surface area contributed by atoms with Crippen LogP contribution in [0.15, 0.2) is 22.8 Å². The van der Waals surface area contributed by atoms with E-state index in [9.17, 15) is 9.59 Å². The van der Waals surface area contributed by atoms with Gasteiger partial charge in [0.25, 0.3) is 5.91 Å². The van der Waals surface area contributed by atoms with Crippen molar-refractivity contribution < 1.29 is 14.0 Å². The molecule has 0 radical (unpaired) electrons. The molecule has 0 spiro atoms. The first-order valence-corrected chi connectivity index (χ1v) is 5.49. The molecule has 1 heterocycles. The smallest absolute Gasteiger partial charge is 0.287 e. The lowest BCUT2D eigenvalue weighted by molar-refractivity contribution is -0.131. The van der Waals surface area contributed by atoms with Crippen molar-refractivity contribution >= 4 is 11.8 Å². The van der Waals surface area contributed by atoms with Gasteiger partial charge in [0.2, 0.25) is 5.91 Å². The van der Waals surface area contributed by atoms with Gasteiger partial charge in [0.05, 0.1) is 6.26 Å². The van der Waals surface area contributed by atoms with E-state index >= 15 is 0 Å². The van der Waals surface area contributed by atoms with Gasteiger partial charge in [-0.25, -0.2) is 0 Å². The summed E-state index contributed by atoms with van der Waals surface area (Å²) in [6.45, 7) is 3.77. The number of hydrogen-bond donors (Lipinski definition) is 1. The molecule has 0 saturated heterocycles. The summed E-state index contributed by atoms with van der Waals surface area (Å²) in [4.78, 5) is 25.1. The third-order valence-corrected chi connectivity index (χ3v) is 2.41. The second kappa shape index (κ2) is 5.52. The van der Waals surface area contributed by atoms with Crippen LogP contribution in [0.25, 0.3) is 0 Å². The number of rotatable bonds is 4. The van der Waals surface area contributed by atoms with Crippen LogP contribution in [0.4, 0.5) is 0 Å². The van der Waals surface area contributed by atoms with E-state index in [4.69, 9.17) is 4.42 Å². The van der Waals surface area contributed by atoms with Gasteiger partial charge in [-0.2, -0.15) is 0 Å². The Hall–Kier alpha value is -1.78. The van der Waals surface area contributed by atoms with E-state index < -0.39 is 6.04 Å². The molecule has 0 aliphatic carbocycles. The average molecular weight is 238 g/mol. The van der Waals surface area contributed by atoms with Crippen LogP contribution in [-0.2, 0) is 4.79 Å². The fraction of sp³-hybridized carbons (Fsp3) is 0.500. The quantitative estimate of drug-likeness (QED) is 0.855. The lowest BCUT2D eigenvalue weighted by Crippen LogP contribution is -2.49. The number of carbonyl (C=O) groups is 2. The topological polar surface area (TPSA) is 62.6 Å². The van der Waals surface area contributed by atoms with Crippen molar-refractivity contribution in [2.45, 2.75) is 19.9 Å². The monoisotopic (exact) mass is 238 g/mol. The van der Waals surface area contributed by atoms with Gasteiger partial charge in [0.15, 0.2) is 5.76 Å². The van der Waals surface area contributed by atoms with Crippen LogP contribution in [0.1, 0.15) is 24.4 Å². The maximum atomic E-state index is 11.9. The Labute approximate surface area is 101 Å². The van der Waals surface area contributed by atoms with E-state index in [0.717, 1.165) is 0 Å². The first-order valence-electron chi connectivity index (χ1n) is 5.49. The van der Waals surface area contributed by atoms with E-state index in [2.05, 4.69) is 5.32 Å². The van der Waals surface area contributed by atoms with Gasteiger partial charge in [-0.1, -0.05) is 13.8 Å². The molecule has 2 amide bonds. The SMILES string of the molecule is CC(C)C(NC(=O)c1ccco1)C(=O)N(C)C. The lowest BCUT2D eigenvalue weighted by atomic mass is 10.0. The van der Waals surface area contributed by atoms with Crippen molar-refractivity contribution in [3.8, 4) is 0 Å². The van der Waals surface area contributed by atoms with Crippen molar-refractivity contribution in [2.24, 2.45) is 5.92 Å². The Kier molecular flexibility index (Phi) is 4.31. The zero-order chi connectivity index (χ0) is 13.0. The minimum atomic E-state index is -0.539. The fourth-order valence-corrected chi connectivity index (χ4v) is 1.41. The molecule has 94 valence electrons. The molecule has 0 saturated carbocycles. The predicted octanol–water partition coefficient (Wildman–Crippen LogP) is 1.12. The van der Waals surface area contributed by atoms with E-state index in [1.807, 2.05) is 13.8 Å². The first kappa shape index (κ1) is 13.3. The van der Waals surface area contributed by atoms with Gasteiger partial charge in [0, 0.05) is 14.1 Å². The maximum Gasteiger partial charge on any atom is 0.287 e. The van der Waals surface area contributed by atoms with Crippen LogP contribution in [-0.4, -0.2) is 36.9 Å². The van der Waals surface area contributed by atoms with Gasteiger partial charge in [-0.05, 0) is 18.1 Å². The zero-order valence-electron chi connectivity index (χ0n) is 10.6. The molecule has 5 nitrogen and oxygen atoms in total. The highest BCUT2D eigenvalue weighted by Crippen LogP contribution is 2.07. The van der Waals surface area contributed by atoms with E-state index in [1.165, 1.54) is 11.2 Å². The Morgan fingerprint density at radius 3 is 2.41 bits per heavy atom. The predicted molar refractivity (Wildman–Crippen MR) is 63.5 cm³/mol. The largest absolute Gasteiger partial charge is 0.459 e. The Bertz CT molecular complexity index is 382. The number of furan rings is 1. The molecule has 5 heteroatoms. The number of likely N-dealkylation sites (N-methyl/N-ethyl adjacent to an activating group) is 1. The van der Waals surface area contributed by atoms with Crippen LogP contribution in [0, 0.1) is 5.92 Å². The van der Waals surface area contributed by atoms with E-state index in [0.29, 0.717) is 0 Å². The van der Waals surface area contributed by atoms with Gasteiger partial charge >= 0.3 is 0 Å². The second-order valence-electron chi connectivity index (χ2n) is 4.41. The maximum absolute atomic E-state index is 11.9. The fourth-order valence-electron chi connectivity index (χ4n) is 1.41. The normalized spacial score (nSPS) is 12.3. The number of carbonyl (C=O) groups excluding carboxylic acids is 2. The van der Waals surface area contributed by atoms with Crippen LogP contribution < -0.4 is 5.32 Å². The molecule has 0 aliphatic heterocycles. The van der Waals surface area contributed by atoms with Gasteiger partial charge in [-0.3, -0.25) is 9.59 Å². The molecule has 0 aliphatic rings. The summed E-state index contributed by atoms with van der Waals surface area (Å²) >= 11 is 0. The standard InChI is InChI=1S/C12H18N2O3/c1-8(2)10(12(16)14(3)4)13-11(15)9-6-5-7-17-9/h5-8,10H,1-4H3,(H,13,15). The molecule has 0 bridgehead atoms. The molecular formula is C12H18N2O3. The van der Waals surface area contributed by atoms with E-state index in [1.54, 1.807) is 26.2 Å². The second-order valence-corrected chi connectivity index (χ2v) is 4.41. The molecule has 1 atom stereocenters. The Balaban J connectivity index is 2.74. The van der Waals surface area contributed by atoms with Gasteiger partial charge < -0.3 is 14.6 Å².